The van der Waals surface area contributed by atoms with Crippen LogP contribution < -0.4 is 5.73 Å². The SMILES string of the molecule is NC(=O)CCCC[C@H]1CC=CSCC1. The van der Waals surface area contributed by atoms with E-state index in [4.69, 9.17) is 5.73 Å². The molecule has 0 saturated carbocycles. The Morgan fingerprint density at radius 3 is 3.14 bits per heavy atom. The summed E-state index contributed by atoms with van der Waals surface area (Å²) in [5.74, 6) is 1.91. The number of allylic oxidation sites excluding steroid dienone is 1. The third kappa shape index (κ3) is 5.32. The molecule has 0 spiro atoms. The summed E-state index contributed by atoms with van der Waals surface area (Å²) in [5, 5.41) is 2.21. The van der Waals surface area contributed by atoms with E-state index in [-0.39, 0.29) is 5.91 Å². The molecule has 0 aliphatic carbocycles. The summed E-state index contributed by atoms with van der Waals surface area (Å²) in [7, 11) is 0. The van der Waals surface area contributed by atoms with Gasteiger partial charge in [-0.2, -0.15) is 0 Å². The Balaban J connectivity index is 2.05. The standard InChI is InChI=1S/C11H19NOS/c12-11(13)6-2-1-4-10-5-3-8-14-9-7-10/h3,8,10H,1-2,4-7,9H2,(H2,12,13)/t10-/m0/s1. The van der Waals surface area contributed by atoms with Crippen molar-refractivity contribution in [1.82, 2.24) is 0 Å². The molecule has 0 bridgehead atoms. The van der Waals surface area contributed by atoms with Gasteiger partial charge < -0.3 is 5.73 Å². The Morgan fingerprint density at radius 1 is 1.50 bits per heavy atom. The van der Waals surface area contributed by atoms with Crippen LogP contribution in [0.4, 0.5) is 0 Å². The highest BCUT2D eigenvalue weighted by Crippen LogP contribution is 2.24. The zero-order valence-electron chi connectivity index (χ0n) is 8.58. The van der Waals surface area contributed by atoms with Crippen molar-refractivity contribution in [2.24, 2.45) is 11.7 Å². The molecule has 1 amide bonds. The van der Waals surface area contributed by atoms with Crippen LogP contribution in [-0.4, -0.2) is 11.7 Å². The molecule has 1 rings (SSSR count). The van der Waals surface area contributed by atoms with Crippen molar-refractivity contribution < 1.29 is 4.79 Å². The third-order valence-corrected chi connectivity index (χ3v) is 3.45. The molecule has 1 atom stereocenters. The van der Waals surface area contributed by atoms with Gasteiger partial charge in [0, 0.05) is 6.42 Å². The Hall–Kier alpha value is -0.440. The minimum absolute atomic E-state index is 0.165. The average Bonchev–Trinajstić information content (AvgIpc) is 2.40. The molecule has 0 aromatic heterocycles. The summed E-state index contributed by atoms with van der Waals surface area (Å²) < 4.78 is 0. The summed E-state index contributed by atoms with van der Waals surface area (Å²) in [4.78, 5) is 10.5. The normalized spacial score (nSPS) is 21.9. The molecule has 2 nitrogen and oxygen atoms in total. The van der Waals surface area contributed by atoms with Crippen LogP contribution in [0.25, 0.3) is 0 Å². The van der Waals surface area contributed by atoms with Gasteiger partial charge in [-0.1, -0.05) is 18.9 Å². The zero-order chi connectivity index (χ0) is 10.2. The molecule has 2 N–H and O–H groups in total. The number of primary amides is 1. The lowest BCUT2D eigenvalue weighted by Gasteiger charge is -2.11. The van der Waals surface area contributed by atoms with E-state index in [9.17, 15) is 4.79 Å². The number of thioether (sulfide) groups is 1. The van der Waals surface area contributed by atoms with E-state index in [0.29, 0.717) is 6.42 Å². The fourth-order valence-corrected chi connectivity index (χ4v) is 2.58. The predicted molar refractivity (Wildman–Crippen MR) is 62.0 cm³/mol. The van der Waals surface area contributed by atoms with Gasteiger partial charge in [0.1, 0.15) is 0 Å². The largest absolute Gasteiger partial charge is 0.370 e. The monoisotopic (exact) mass is 213 g/mol. The maximum absolute atomic E-state index is 10.5. The lowest BCUT2D eigenvalue weighted by atomic mass is 9.95. The van der Waals surface area contributed by atoms with Crippen LogP contribution in [0.5, 0.6) is 0 Å². The van der Waals surface area contributed by atoms with Gasteiger partial charge in [0.25, 0.3) is 0 Å². The van der Waals surface area contributed by atoms with E-state index >= 15 is 0 Å². The van der Waals surface area contributed by atoms with Crippen LogP contribution in [0.15, 0.2) is 11.5 Å². The highest BCUT2D eigenvalue weighted by molar-refractivity contribution is 8.02. The van der Waals surface area contributed by atoms with E-state index < -0.39 is 0 Å². The van der Waals surface area contributed by atoms with Crippen molar-refractivity contribution in [2.75, 3.05) is 5.75 Å². The number of rotatable bonds is 5. The summed E-state index contributed by atoms with van der Waals surface area (Å²) >= 11 is 1.91. The number of carbonyl (C=O) groups excluding carboxylic acids is 1. The molecule has 1 aliphatic heterocycles. The van der Waals surface area contributed by atoms with Gasteiger partial charge in [-0.3, -0.25) is 4.79 Å². The van der Waals surface area contributed by atoms with Crippen LogP contribution in [0.1, 0.15) is 38.5 Å². The van der Waals surface area contributed by atoms with Crippen molar-refractivity contribution in [3.63, 3.8) is 0 Å². The van der Waals surface area contributed by atoms with Crippen molar-refractivity contribution in [1.29, 1.82) is 0 Å². The molecule has 3 heteroatoms. The number of carbonyl (C=O) groups is 1. The molecule has 0 aromatic rings. The third-order valence-electron chi connectivity index (χ3n) is 2.59. The van der Waals surface area contributed by atoms with E-state index in [1.165, 1.54) is 25.0 Å². The van der Waals surface area contributed by atoms with E-state index in [1.54, 1.807) is 0 Å². The van der Waals surface area contributed by atoms with Crippen LogP contribution >= 0.6 is 11.8 Å². The van der Waals surface area contributed by atoms with E-state index in [1.807, 2.05) is 11.8 Å². The molecule has 0 fully saturated rings. The molecule has 1 heterocycles. The van der Waals surface area contributed by atoms with E-state index in [0.717, 1.165) is 18.8 Å². The van der Waals surface area contributed by atoms with Gasteiger partial charge in [0.15, 0.2) is 0 Å². The second-order valence-corrected chi connectivity index (χ2v) is 4.86. The first-order valence-corrected chi connectivity index (χ1v) is 6.39. The minimum Gasteiger partial charge on any atom is -0.370 e. The number of unbranched alkanes of at least 4 members (excludes halogenated alkanes) is 1. The fraction of sp³-hybridized carbons (Fsp3) is 0.727. The predicted octanol–water partition coefficient (Wildman–Crippen LogP) is 2.69. The first-order chi connectivity index (χ1) is 6.79. The van der Waals surface area contributed by atoms with Gasteiger partial charge in [0.05, 0.1) is 0 Å². The average molecular weight is 213 g/mol. The molecular weight excluding hydrogens is 194 g/mol. The van der Waals surface area contributed by atoms with Crippen LogP contribution in [0, 0.1) is 5.92 Å². The molecule has 0 saturated heterocycles. The van der Waals surface area contributed by atoms with Crippen LogP contribution in [0.3, 0.4) is 0 Å². The molecule has 80 valence electrons. The summed E-state index contributed by atoms with van der Waals surface area (Å²) in [6.45, 7) is 0. The lowest BCUT2D eigenvalue weighted by molar-refractivity contribution is -0.118. The van der Waals surface area contributed by atoms with Gasteiger partial charge in [0.2, 0.25) is 5.91 Å². The molecule has 0 radical (unpaired) electrons. The molecule has 0 aromatic carbocycles. The van der Waals surface area contributed by atoms with Gasteiger partial charge >= 0.3 is 0 Å². The lowest BCUT2D eigenvalue weighted by Crippen LogP contribution is -2.10. The van der Waals surface area contributed by atoms with E-state index in [2.05, 4.69) is 11.5 Å². The number of hydrogen-bond donors (Lipinski definition) is 1. The van der Waals surface area contributed by atoms with Crippen molar-refractivity contribution in [3.8, 4) is 0 Å². The Morgan fingerprint density at radius 2 is 2.36 bits per heavy atom. The van der Waals surface area contributed by atoms with Gasteiger partial charge in [-0.15, -0.1) is 11.8 Å². The molecular formula is C11H19NOS. The smallest absolute Gasteiger partial charge is 0.217 e. The Kier molecular flexibility index (Phi) is 5.76. The Bertz CT molecular complexity index is 203. The first kappa shape index (κ1) is 11.6. The number of hydrogen-bond acceptors (Lipinski definition) is 2. The molecule has 1 aliphatic rings. The fourth-order valence-electron chi connectivity index (χ4n) is 1.73. The van der Waals surface area contributed by atoms with Crippen molar-refractivity contribution in [3.05, 3.63) is 11.5 Å². The maximum atomic E-state index is 10.5. The first-order valence-electron chi connectivity index (χ1n) is 5.34. The van der Waals surface area contributed by atoms with Gasteiger partial charge in [-0.05, 0) is 36.3 Å². The summed E-state index contributed by atoms with van der Waals surface area (Å²) in [5.41, 5.74) is 5.08. The van der Waals surface area contributed by atoms with Crippen LogP contribution in [-0.2, 0) is 4.79 Å². The highest BCUT2D eigenvalue weighted by Gasteiger charge is 2.08. The topological polar surface area (TPSA) is 43.1 Å². The molecule has 14 heavy (non-hydrogen) atoms. The second kappa shape index (κ2) is 6.93. The summed E-state index contributed by atoms with van der Waals surface area (Å²) in [6.07, 6.45) is 8.71. The second-order valence-electron chi connectivity index (χ2n) is 3.85. The number of amides is 1. The number of nitrogens with two attached hydrogens (primary N) is 1. The maximum Gasteiger partial charge on any atom is 0.217 e. The minimum atomic E-state index is -0.165. The quantitative estimate of drug-likeness (QED) is 0.713. The van der Waals surface area contributed by atoms with Gasteiger partial charge in [-0.25, -0.2) is 0 Å². The zero-order valence-corrected chi connectivity index (χ0v) is 9.39. The molecule has 0 unspecified atom stereocenters. The van der Waals surface area contributed by atoms with Crippen molar-refractivity contribution >= 4 is 17.7 Å². The highest BCUT2D eigenvalue weighted by atomic mass is 32.2. The van der Waals surface area contributed by atoms with Crippen LogP contribution in [0.2, 0.25) is 0 Å². The Labute approximate surface area is 90.3 Å². The van der Waals surface area contributed by atoms with Crippen molar-refractivity contribution in [2.45, 2.75) is 38.5 Å². The summed E-state index contributed by atoms with van der Waals surface area (Å²) in [6, 6.07) is 0.